The van der Waals surface area contributed by atoms with E-state index in [0.29, 0.717) is 6.67 Å². The first-order valence-corrected chi connectivity index (χ1v) is 3.32. The van der Waals surface area contributed by atoms with E-state index in [2.05, 4.69) is 8.38 Å². The van der Waals surface area contributed by atoms with Gasteiger partial charge < -0.3 is 17.2 Å². The van der Waals surface area contributed by atoms with E-state index in [1.54, 1.807) is 23.0 Å². The number of hydrogen-bond acceptors (Lipinski definition) is 5. The van der Waals surface area contributed by atoms with Crippen molar-refractivity contribution in [2.75, 3.05) is 6.67 Å². The fourth-order valence-electron chi connectivity index (χ4n) is 0.308. The predicted molar refractivity (Wildman–Crippen MR) is 43.2 cm³/mol. The van der Waals surface area contributed by atoms with E-state index in [1.807, 2.05) is 0 Å². The van der Waals surface area contributed by atoms with Crippen molar-refractivity contribution in [1.29, 1.82) is 0 Å². The highest BCUT2D eigenvalue weighted by Crippen LogP contribution is 1.91. The summed E-state index contributed by atoms with van der Waals surface area (Å²) in [6.07, 6.45) is -0.902. The Morgan fingerprint density at radius 2 is 2.11 bits per heavy atom. The van der Waals surface area contributed by atoms with E-state index in [1.165, 1.54) is 0 Å². The van der Waals surface area contributed by atoms with Crippen molar-refractivity contribution in [1.82, 2.24) is 5.32 Å². The van der Waals surface area contributed by atoms with Crippen molar-refractivity contribution in [2.45, 2.75) is 12.4 Å². The number of rotatable bonds is 4. The second-order valence-electron chi connectivity index (χ2n) is 1.49. The lowest BCUT2D eigenvalue weighted by Gasteiger charge is -2.16. The molecule has 0 aromatic carbocycles. The maximum Gasteiger partial charge on any atom is 0.146 e. The van der Waals surface area contributed by atoms with Crippen molar-refractivity contribution < 1.29 is 3.07 Å². The van der Waals surface area contributed by atoms with E-state index >= 15 is 0 Å². The molecule has 0 saturated carbocycles. The van der Waals surface area contributed by atoms with E-state index in [0.717, 1.165) is 0 Å². The van der Waals surface area contributed by atoms with Crippen LogP contribution in [-0.4, -0.2) is 19.1 Å². The van der Waals surface area contributed by atoms with Gasteiger partial charge in [0.15, 0.2) is 0 Å². The summed E-state index contributed by atoms with van der Waals surface area (Å²) in [6, 6.07) is 0. The van der Waals surface area contributed by atoms with E-state index in [-0.39, 0.29) is 0 Å². The van der Waals surface area contributed by atoms with Gasteiger partial charge in [-0.2, -0.15) is 0 Å². The molecule has 0 bridgehead atoms. The molecule has 0 heterocycles. The molecule has 7 N–H and O–H groups in total. The molecule has 0 rings (SSSR count). The van der Waals surface area contributed by atoms with Gasteiger partial charge in [-0.15, -0.1) is 0 Å². The maximum absolute atomic E-state index is 5.39. The normalized spacial score (nSPS) is 17.3. The molecule has 0 saturated heterocycles. The lowest BCUT2D eigenvalue weighted by Crippen LogP contribution is -2.53. The number of nitrogens with two attached hydrogens (primary N) is 3. The summed E-state index contributed by atoms with van der Waals surface area (Å²) < 4.78 is 4.67. The minimum Gasteiger partial charge on any atom is -0.318 e. The summed E-state index contributed by atoms with van der Waals surface area (Å²) >= 11 is 1.68. The summed E-state index contributed by atoms with van der Waals surface area (Å²) in [5, 5.41) is 2.70. The first kappa shape index (κ1) is 9.53. The first-order valence-electron chi connectivity index (χ1n) is 2.44. The topological polar surface area (TPSA) is 99.3 Å². The summed E-state index contributed by atoms with van der Waals surface area (Å²) in [6.45, 7) is 0.300. The fraction of sp³-hybridized carbons (Fsp3) is 1.00. The molecule has 9 heavy (non-hydrogen) atoms. The molecule has 0 radical (unpaired) electrons. The van der Waals surface area contributed by atoms with Crippen LogP contribution in [0.4, 0.5) is 0 Å². The lowest BCUT2D eigenvalue weighted by molar-refractivity contribution is 0.224. The molecule has 2 unspecified atom stereocenters. The van der Waals surface area contributed by atoms with E-state index in [9.17, 15) is 0 Å². The predicted octanol–water partition coefficient (Wildman–Crippen LogP) is -1.57. The van der Waals surface area contributed by atoms with Gasteiger partial charge in [-0.25, -0.2) is 0 Å². The van der Waals surface area contributed by atoms with Crippen LogP contribution in [-0.2, 0) is 3.07 Å². The van der Waals surface area contributed by atoms with Crippen LogP contribution in [0.5, 0.6) is 0 Å². The molecule has 0 aliphatic heterocycles. The average molecular weight is 246 g/mol. The van der Waals surface area contributed by atoms with Gasteiger partial charge in [0.2, 0.25) is 0 Å². The van der Waals surface area contributed by atoms with Crippen LogP contribution < -0.4 is 22.5 Å². The largest absolute Gasteiger partial charge is 0.318 e. The SMILES string of the molecule is NCNC(N)C(N)OI. The third kappa shape index (κ3) is 4.00. The van der Waals surface area contributed by atoms with Crippen LogP contribution in [0.15, 0.2) is 0 Å². The van der Waals surface area contributed by atoms with Crippen LogP contribution in [0.25, 0.3) is 0 Å². The van der Waals surface area contributed by atoms with Crippen LogP contribution in [0.3, 0.4) is 0 Å². The summed E-state index contributed by atoms with van der Waals surface area (Å²) in [5.41, 5.74) is 15.8. The third-order valence-electron chi connectivity index (χ3n) is 0.810. The molecule has 0 spiro atoms. The molecule has 2 atom stereocenters. The van der Waals surface area contributed by atoms with Gasteiger partial charge in [-0.05, 0) is 0 Å². The van der Waals surface area contributed by atoms with E-state index in [4.69, 9.17) is 17.2 Å². The van der Waals surface area contributed by atoms with Crippen LogP contribution in [0, 0.1) is 0 Å². The Kier molecular flexibility index (Phi) is 5.64. The Balaban J connectivity index is 3.32. The van der Waals surface area contributed by atoms with Gasteiger partial charge in [0, 0.05) is 6.67 Å². The van der Waals surface area contributed by atoms with Crippen molar-refractivity contribution in [3.8, 4) is 0 Å². The molecular weight excluding hydrogens is 235 g/mol. The number of hydrogen-bond donors (Lipinski definition) is 4. The minimum atomic E-state index is -0.505. The average Bonchev–Trinajstić information content (AvgIpc) is 1.87. The second kappa shape index (κ2) is 5.33. The van der Waals surface area contributed by atoms with Crippen LogP contribution in [0.2, 0.25) is 0 Å². The quantitative estimate of drug-likeness (QED) is 0.354. The molecule has 0 aromatic heterocycles. The van der Waals surface area contributed by atoms with Gasteiger partial charge in [0.05, 0.1) is 6.17 Å². The molecule has 0 aliphatic carbocycles. The Bertz CT molecular complexity index is 72.8. The molecule has 0 aromatic rings. The highest BCUT2D eigenvalue weighted by Gasteiger charge is 2.09. The summed E-state index contributed by atoms with van der Waals surface area (Å²) in [7, 11) is 0. The third-order valence-corrected chi connectivity index (χ3v) is 1.40. The fourth-order valence-corrected chi connectivity index (χ4v) is 0.624. The Labute approximate surface area is 68.0 Å². The van der Waals surface area contributed by atoms with Gasteiger partial charge >= 0.3 is 0 Å². The van der Waals surface area contributed by atoms with Gasteiger partial charge in [0.25, 0.3) is 0 Å². The molecule has 0 aliphatic rings. The zero-order valence-electron chi connectivity index (χ0n) is 4.88. The highest BCUT2D eigenvalue weighted by molar-refractivity contribution is 14.1. The molecule has 0 amide bonds. The van der Waals surface area contributed by atoms with Crippen LogP contribution in [0.1, 0.15) is 0 Å². The highest BCUT2D eigenvalue weighted by atomic mass is 127. The van der Waals surface area contributed by atoms with Gasteiger partial charge in [0.1, 0.15) is 29.2 Å². The summed E-state index contributed by atoms with van der Waals surface area (Å²) in [5.74, 6) is 0. The second-order valence-corrected chi connectivity index (χ2v) is 2.00. The lowest BCUT2D eigenvalue weighted by atomic mass is 10.5. The molecular formula is C3H11IN4O. The van der Waals surface area contributed by atoms with E-state index < -0.39 is 12.4 Å². The monoisotopic (exact) mass is 246 g/mol. The molecule has 0 fully saturated rings. The smallest absolute Gasteiger partial charge is 0.146 e. The summed E-state index contributed by atoms with van der Waals surface area (Å²) in [4.78, 5) is 0. The van der Waals surface area contributed by atoms with Crippen LogP contribution >= 0.6 is 23.0 Å². The van der Waals surface area contributed by atoms with Crippen molar-refractivity contribution in [3.05, 3.63) is 0 Å². The standard InChI is InChI=1S/C3H11IN4O/c4-9-3(7)2(6)8-1-5/h2-3,8H,1,5-7H2. The Morgan fingerprint density at radius 3 is 2.44 bits per heavy atom. The molecule has 6 heteroatoms. The number of halogens is 1. The zero-order chi connectivity index (χ0) is 7.28. The van der Waals surface area contributed by atoms with Crippen molar-refractivity contribution >= 4 is 23.0 Å². The maximum atomic E-state index is 5.39. The number of nitrogens with one attached hydrogen (secondary N) is 1. The minimum absolute atomic E-state index is 0.300. The Hall–Kier alpha value is 0.530. The molecule has 56 valence electrons. The van der Waals surface area contributed by atoms with Crippen molar-refractivity contribution in [3.63, 3.8) is 0 Å². The Morgan fingerprint density at radius 1 is 1.56 bits per heavy atom. The van der Waals surface area contributed by atoms with Gasteiger partial charge in [-0.3, -0.25) is 8.38 Å². The zero-order valence-corrected chi connectivity index (χ0v) is 7.04. The van der Waals surface area contributed by atoms with Gasteiger partial charge in [-0.1, -0.05) is 0 Å². The molecule has 5 nitrogen and oxygen atoms in total. The first-order chi connectivity index (χ1) is 4.22. The van der Waals surface area contributed by atoms with Crippen molar-refractivity contribution in [2.24, 2.45) is 17.2 Å².